The fourth-order valence-electron chi connectivity index (χ4n) is 2.90. The molecule has 2 heterocycles. The Kier molecular flexibility index (Phi) is 3.40. The third-order valence-electron chi connectivity index (χ3n) is 4.16. The summed E-state index contributed by atoms with van der Waals surface area (Å²) in [7, 11) is 0. The van der Waals surface area contributed by atoms with Gasteiger partial charge in [0.05, 0.1) is 13.2 Å². The predicted molar refractivity (Wildman–Crippen MR) is 84.0 cm³/mol. The van der Waals surface area contributed by atoms with Crippen LogP contribution in [0.4, 0.5) is 0 Å². The summed E-state index contributed by atoms with van der Waals surface area (Å²) in [5.41, 5.74) is 3.74. The molecule has 0 radical (unpaired) electrons. The van der Waals surface area contributed by atoms with Gasteiger partial charge in [-0.3, -0.25) is 0 Å². The van der Waals surface area contributed by atoms with E-state index in [9.17, 15) is 0 Å². The zero-order valence-electron chi connectivity index (χ0n) is 11.9. The number of halogens is 1. The van der Waals surface area contributed by atoms with Crippen molar-refractivity contribution in [2.24, 2.45) is 0 Å². The molecule has 2 aromatic rings. The van der Waals surface area contributed by atoms with Gasteiger partial charge in [0, 0.05) is 42.0 Å². The standard InChI is InChI=1S/C17H19ClN2O/c18-15-7-13-4-6-21-17(13)14(8-15)11-20-5-3-12(10-20)9-19-16-1-2-16/h3,5,7-8,10,16,19H,1-2,4,6,9,11H2. The number of rotatable bonds is 5. The molecular weight excluding hydrogens is 284 g/mol. The molecule has 0 amide bonds. The summed E-state index contributed by atoms with van der Waals surface area (Å²) < 4.78 is 7.97. The molecule has 0 saturated heterocycles. The number of nitrogens with one attached hydrogen (secondary N) is 1. The second-order valence-electron chi connectivity index (χ2n) is 6.00. The number of hydrogen-bond donors (Lipinski definition) is 1. The van der Waals surface area contributed by atoms with Crippen LogP contribution in [0.5, 0.6) is 5.75 Å². The van der Waals surface area contributed by atoms with Crippen LogP contribution >= 0.6 is 11.6 Å². The van der Waals surface area contributed by atoms with Crippen LogP contribution in [0.1, 0.15) is 29.5 Å². The Morgan fingerprint density at radius 1 is 1.33 bits per heavy atom. The Balaban J connectivity index is 1.50. The summed E-state index contributed by atoms with van der Waals surface area (Å²) in [4.78, 5) is 0. The summed E-state index contributed by atoms with van der Waals surface area (Å²) in [5, 5.41) is 4.34. The highest BCUT2D eigenvalue weighted by Gasteiger charge is 2.20. The largest absolute Gasteiger partial charge is 0.493 e. The first-order valence-electron chi connectivity index (χ1n) is 7.60. The molecule has 2 aliphatic rings. The van der Waals surface area contributed by atoms with Crippen molar-refractivity contribution in [1.29, 1.82) is 0 Å². The van der Waals surface area contributed by atoms with Crippen molar-refractivity contribution in [3.05, 3.63) is 52.3 Å². The van der Waals surface area contributed by atoms with Gasteiger partial charge in [0.25, 0.3) is 0 Å². The quantitative estimate of drug-likeness (QED) is 0.916. The predicted octanol–water partition coefficient (Wildman–Crippen LogP) is 3.38. The number of aromatic nitrogens is 1. The van der Waals surface area contributed by atoms with Gasteiger partial charge in [-0.25, -0.2) is 0 Å². The molecule has 1 aliphatic heterocycles. The van der Waals surface area contributed by atoms with Crippen molar-refractivity contribution in [3.8, 4) is 5.75 Å². The van der Waals surface area contributed by atoms with Gasteiger partial charge in [-0.05, 0) is 42.2 Å². The van der Waals surface area contributed by atoms with Gasteiger partial charge in [0.1, 0.15) is 5.75 Å². The topological polar surface area (TPSA) is 26.2 Å². The summed E-state index contributed by atoms with van der Waals surface area (Å²) in [6.45, 7) is 2.54. The van der Waals surface area contributed by atoms with Crippen molar-refractivity contribution in [1.82, 2.24) is 9.88 Å². The van der Waals surface area contributed by atoms with Crippen molar-refractivity contribution < 1.29 is 4.74 Å². The Morgan fingerprint density at radius 2 is 2.24 bits per heavy atom. The number of ether oxygens (including phenoxy) is 1. The number of nitrogens with zero attached hydrogens (tertiary/aromatic N) is 1. The summed E-state index contributed by atoms with van der Waals surface area (Å²) in [6, 6.07) is 6.97. The Hall–Kier alpha value is -1.45. The van der Waals surface area contributed by atoms with E-state index in [1.807, 2.05) is 12.1 Å². The van der Waals surface area contributed by atoms with Crippen LogP contribution in [0.3, 0.4) is 0 Å². The second-order valence-corrected chi connectivity index (χ2v) is 6.44. The van der Waals surface area contributed by atoms with Gasteiger partial charge < -0.3 is 14.6 Å². The monoisotopic (exact) mass is 302 g/mol. The Labute approximate surface area is 129 Å². The van der Waals surface area contributed by atoms with Crippen molar-refractivity contribution in [3.63, 3.8) is 0 Å². The minimum Gasteiger partial charge on any atom is -0.493 e. The second kappa shape index (κ2) is 5.39. The first kappa shape index (κ1) is 13.2. The Morgan fingerprint density at radius 3 is 3.10 bits per heavy atom. The highest BCUT2D eigenvalue weighted by atomic mass is 35.5. The lowest BCUT2D eigenvalue weighted by atomic mass is 10.1. The smallest absolute Gasteiger partial charge is 0.127 e. The SMILES string of the molecule is Clc1cc2c(c(Cn3ccc(CNC4CC4)c3)c1)OCC2. The zero-order chi connectivity index (χ0) is 14.2. The van der Waals surface area contributed by atoms with Crippen LogP contribution in [0.25, 0.3) is 0 Å². The fraction of sp³-hybridized carbons (Fsp3) is 0.412. The lowest BCUT2D eigenvalue weighted by Crippen LogP contribution is -2.14. The molecule has 1 fully saturated rings. The molecule has 0 atom stereocenters. The summed E-state index contributed by atoms with van der Waals surface area (Å²) in [6.07, 6.45) is 7.95. The molecule has 0 bridgehead atoms. The molecule has 110 valence electrons. The van der Waals surface area contributed by atoms with Crippen LogP contribution in [-0.2, 0) is 19.5 Å². The molecule has 0 spiro atoms. The average Bonchev–Trinajstić information content (AvgIpc) is 2.98. The maximum atomic E-state index is 6.22. The normalized spacial score (nSPS) is 16.8. The van der Waals surface area contributed by atoms with Crippen molar-refractivity contribution in [2.75, 3.05) is 6.61 Å². The molecule has 4 rings (SSSR count). The minimum absolute atomic E-state index is 0.748. The van der Waals surface area contributed by atoms with Gasteiger partial charge >= 0.3 is 0 Å². The van der Waals surface area contributed by atoms with E-state index < -0.39 is 0 Å². The molecule has 3 nitrogen and oxygen atoms in total. The number of hydrogen-bond acceptors (Lipinski definition) is 2. The van der Waals surface area contributed by atoms with E-state index in [-0.39, 0.29) is 0 Å². The number of benzene rings is 1. The van der Waals surface area contributed by atoms with E-state index >= 15 is 0 Å². The third kappa shape index (κ3) is 2.94. The first-order valence-corrected chi connectivity index (χ1v) is 7.98. The zero-order valence-corrected chi connectivity index (χ0v) is 12.7. The Bertz CT molecular complexity index is 661. The van der Waals surface area contributed by atoms with Crippen LogP contribution in [0, 0.1) is 0 Å². The van der Waals surface area contributed by atoms with Gasteiger partial charge in [-0.15, -0.1) is 0 Å². The van der Waals surface area contributed by atoms with E-state index in [0.717, 1.165) is 42.9 Å². The molecule has 1 aliphatic carbocycles. The molecule has 0 unspecified atom stereocenters. The van der Waals surface area contributed by atoms with E-state index in [1.165, 1.54) is 29.5 Å². The molecule has 1 aromatic carbocycles. The molecular formula is C17H19ClN2O. The van der Waals surface area contributed by atoms with Gasteiger partial charge in [-0.2, -0.15) is 0 Å². The average molecular weight is 303 g/mol. The van der Waals surface area contributed by atoms with Crippen LogP contribution in [-0.4, -0.2) is 17.2 Å². The molecule has 1 N–H and O–H groups in total. The molecule has 1 aromatic heterocycles. The van der Waals surface area contributed by atoms with Gasteiger partial charge in [-0.1, -0.05) is 11.6 Å². The van der Waals surface area contributed by atoms with E-state index in [2.05, 4.69) is 28.3 Å². The maximum Gasteiger partial charge on any atom is 0.127 e. The highest BCUT2D eigenvalue weighted by Crippen LogP contribution is 2.33. The van der Waals surface area contributed by atoms with Crippen LogP contribution in [0.15, 0.2) is 30.6 Å². The van der Waals surface area contributed by atoms with E-state index in [4.69, 9.17) is 16.3 Å². The van der Waals surface area contributed by atoms with Gasteiger partial charge in [0.15, 0.2) is 0 Å². The van der Waals surface area contributed by atoms with Crippen LogP contribution < -0.4 is 10.1 Å². The molecule has 21 heavy (non-hydrogen) atoms. The third-order valence-corrected chi connectivity index (χ3v) is 4.38. The first-order chi connectivity index (χ1) is 10.3. The lowest BCUT2D eigenvalue weighted by molar-refractivity contribution is 0.352. The van der Waals surface area contributed by atoms with E-state index in [1.54, 1.807) is 0 Å². The van der Waals surface area contributed by atoms with Crippen molar-refractivity contribution in [2.45, 2.75) is 38.4 Å². The minimum atomic E-state index is 0.748. The summed E-state index contributed by atoms with van der Waals surface area (Å²) in [5.74, 6) is 1.03. The van der Waals surface area contributed by atoms with Crippen molar-refractivity contribution >= 4 is 11.6 Å². The van der Waals surface area contributed by atoms with Gasteiger partial charge in [0.2, 0.25) is 0 Å². The number of fused-ring (bicyclic) bond motifs is 1. The summed E-state index contributed by atoms with van der Waals surface area (Å²) >= 11 is 6.22. The lowest BCUT2D eigenvalue weighted by Gasteiger charge is -2.10. The molecule has 4 heteroatoms. The van der Waals surface area contributed by atoms with E-state index in [0.29, 0.717) is 0 Å². The fourth-order valence-corrected chi connectivity index (χ4v) is 3.17. The maximum absolute atomic E-state index is 6.22. The van der Waals surface area contributed by atoms with Crippen LogP contribution in [0.2, 0.25) is 5.02 Å². The molecule has 1 saturated carbocycles. The highest BCUT2D eigenvalue weighted by molar-refractivity contribution is 6.30.